The third-order valence-electron chi connectivity index (χ3n) is 6.25. The van der Waals surface area contributed by atoms with Crippen molar-refractivity contribution in [2.45, 2.75) is 50.7 Å². The molecule has 0 fully saturated rings. The van der Waals surface area contributed by atoms with Gasteiger partial charge in [-0.3, -0.25) is 13.9 Å². The van der Waals surface area contributed by atoms with Gasteiger partial charge >= 0.3 is 0 Å². The van der Waals surface area contributed by atoms with Crippen LogP contribution in [0.25, 0.3) is 0 Å². The van der Waals surface area contributed by atoms with Crippen LogP contribution in [0.5, 0.6) is 0 Å². The van der Waals surface area contributed by atoms with Gasteiger partial charge in [-0.25, -0.2) is 8.42 Å². The maximum absolute atomic E-state index is 13.9. The van der Waals surface area contributed by atoms with Crippen molar-refractivity contribution in [3.8, 4) is 0 Å². The van der Waals surface area contributed by atoms with Crippen molar-refractivity contribution in [3.05, 3.63) is 93.4 Å². The first kappa shape index (κ1) is 30.8. The van der Waals surface area contributed by atoms with Crippen molar-refractivity contribution in [2.24, 2.45) is 0 Å². The molecule has 0 unspecified atom stereocenters. The zero-order chi connectivity index (χ0) is 28.7. The van der Waals surface area contributed by atoms with E-state index in [0.717, 1.165) is 4.31 Å². The van der Waals surface area contributed by atoms with Crippen LogP contribution in [0.4, 0.5) is 5.69 Å². The smallest absolute Gasteiger partial charge is 0.264 e. The van der Waals surface area contributed by atoms with Crippen molar-refractivity contribution in [2.75, 3.05) is 10.8 Å². The molecule has 2 amide bonds. The van der Waals surface area contributed by atoms with Crippen LogP contribution in [0, 0.1) is 0 Å². The summed E-state index contributed by atoms with van der Waals surface area (Å²) in [5.74, 6) is -1.000. The molecule has 0 aromatic heterocycles. The number of halogens is 3. The molecular formula is C28H30Cl3N3O4S. The second kappa shape index (κ2) is 13.5. The zero-order valence-corrected chi connectivity index (χ0v) is 24.9. The summed E-state index contributed by atoms with van der Waals surface area (Å²) in [6.45, 7) is 4.73. The molecule has 3 rings (SSSR count). The summed E-state index contributed by atoms with van der Waals surface area (Å²) in [5.41, 5.74) is 0.643. The van der Waals surface area contributed by atoms with Crippen LogP contribution < -0.4 is 9.62 Å². The SMILES string of the molecule is CC[C@@H](C)NC(=O)[C@@H](C)N(Cc1ccccc1Cl)C(=O)CN(c1cc(Cl)ccc1Cl)S(=O)(=O)c1ccccc1. The third-order valence-corrected chi connectivity index (χ3v) is 8.95. The third kappa shape index (κ3) is 7.66. The number of nitrogens with one attached hydrogen (secondary N) is 1. The van der Waals surface area contributed by atoms with E-state index in [2.05, 4.69) is 5.32 Å². The molecule has 0 radical (unpaired) electrons. The molecule has 3 aromatic carbocycles. The number of carbonyl (C=O) groups excluding carboxylic acids is 2. The molecule has 11 heteroatoms. The fraction of sp³-hybridized carbons (Fsp3) is 0.286. The summed E-state index contributed by atoms with van der Waals surface area (Å²) in [6.07, 6.45) is 0.702. The molecule has 0 bridgehead atoms. The van der Waals surface area contributed by atoms with Gasteiger partial charge in [0.1, 0.15) is 12.6 Å². The number of carbonyl (C=O) groups is 2. The van der Waals surface area contributed by atoms with Crippen molar-refractivity contribution in [1.29, 1.82) is 0 Å². The Morgan fingerprint density at radius 1 is 0.897 bits per heavy atom. The number of hydrogen-bond donors (Lipinski definition) is 1. The lowest BCUT2D eigenvalue weighted by Gasteiger charge is -2.33. The highest BCUT2D eigenvalue weighted by Crippen LogP contribution is 2.33. The summed E-state index contributed by atoms with van der Waals surface area (Å²) in [4.78, 5) is 28.3. The molecule has 2 atom stereocenters. The number of nitrogens with zero attached hydrogens (tertiary/aromatic N) is 2. The Bertz CT molecular complexity index is 1420. The molecule has 208 valence electrons. The Balaban J connectivity index is 2.07. The van der Waals surface area contributed by atoms with Crippen molar-refractivity contribution in [3.63, 3.8) is 0 Å². The second-order valence-corrected chi connectivity index (χ2v) is 12.1. The quantitative estimate of drug-likeness (QED) is 0.281. The Hall–Kier alpha value is -2.78. The normalized spacial score (nSPS) is 12.9. The average molecular weight is 611 g/mol. The summed E-state index contributed by atoms with van der Waals surface area (Å²) < 4.78 is 28.5. The van der Waals surface area contributed by atoms with Crippen molar-refractivity contribution < 1.29 is 18.0 Å². The largest absolute Gasteiger partial charge is 0.352 e. The highest BCUT2D eigenvalue weighted by atomic mass is 35.5. The molecule has 0 aliphatic heterocycles. The molecule has 0 aliphatic carbocycles. The monoisotopic (exact) mass is 609 g/mol. The van der Waals surface area contributed by atoms with Gasteiger partial charge in [-0.05, 0) is 62.2 Å². The maximum Gasteiger partial charge on any atom is 0.264 e. The highest BCUT2D eigenvalue weighted by Gasteiger charge is 2.34. The van der Waals surface area contributed by atoms with Gasteiger partial charge in [0.2, 0.25) is 11.8 Å². The molecule has 0 saturated carbocycles. The molecule has 7 nitrogen and oxygen atoms in total. The second-order valence-electron chi connectivity index (χ2n) is 9.03. The maximum atomic E-state index is 13.9. The van der Waals surface area contributed by atoms with E-state index in [-0.39, 0.29) is 39.1 Å². The predicted octanol–water partition coefficient (Wildman–Crippen LogP) is 6.17. The van der Waals surface area contributed by atoms with E-state index in [4.69, 9.17) is 34.8 Å². The molecule has 39 heavy (non-hydrogen) atoms. The number of rotatable bonds is 11. The van der Waals surface area contributed by atoms with Gasteiger partial charge in [-0.2, -0.15) is 0 Å². The molecule has 0 aliphatic rings. The fourth-order valence-corrected chi connectivity index (χ4v) is 5.85. The van der Waals surface area contributed by atoms with E-state index in [1.165, 1.54) is 35.2 Å². The first-order valence-corrected chi connectivity index (χ1v) is 14.9. The standard InChI is InChI=1S/C28H30Cl3N3O4S/c1-4-19(2)32-28(36)20(3)33(17-21-10-8-9-13-24(21)30)27(35)18-34(26-16-22(29)14-15-25(26)31)39(37,38)23-11-6-5-7-12-23/h5-16,19-20H,4,17-18H2,1-3H3,(H,32,36)/t19-,20-/m1/s1. The number of sulfonamides is 1. The molecule has 0 saturated heterocycles. The van der Waals surface area contributed by atoms with Crippen LogP contribution in [0.15, 0.2) is 77.7 Å². The Morgan fingerprint density at radius 2 is 1.54 bits per heavy atom. The van der Waals surface area contributed by atoms with Gasteiger partial charge in [0.15, 0.2) is 0 Å². The summed E-state index contributed by atoms with van der Waals surface area (Å²) in [6, 6.07) is 18.0. The van der Waals surface area contributed by atoms with Crippen LogP contribution in [-0.2, 0) is 26.2 Å². The van der Waals surface area contributed by atoms with Crippen LogP contribution in [0.3, 0.4) is 0 Å². The summed E-state index contributed by atoms with van der Waals surface area (Å²) in [5, 5.41) is 3.63. The van der Waals surface area contributed by atoms with E-state index >= 15 is 0 Å². The van der Waals surface area contributed by atoms with Crippen LogP contribution in [0.1, 0.15) is 32.8 Å². The van der Waals surface area contributed by atoms with Gasteiger partial charge in [0.25, 0.3) is 10.0 Å². The van der Waals surface area contributed by atoms with Crippen molar-refractivity contribution >= 4 is 62.3 Å². The van der Waals surface area contributed by atoms with Gasteiger partial charge in [-0.1, -0.05) is 78.1 Å². The molecular weight excluding hydrogens is 581 g/mol. The Kier molecular flexibility index (Phi) is 10.7. The number of amides is 2. The minimum Gasteiger partial charge on any atom is -0.352 e. The lowest BCUT2D eigenvalue weighted by atomic mass is 10.1. The predicted molar refractivity (Wildman–Crippen MR) is 157 cm³/mol. The van der Waals surface area contributed by atoms with Crippen LogP contribution >= 0.6 is 34.8 Å². The lowest BCUT2D eigenvalue weighted by Crippen LogP contribution is -2.52. The Labute approximate surface area is 244 Å². The number of anilines is 1. The number of benzene rings is 3. The van der Waals surface area contributed by atoms with Crippen molar-refractivity contribution in [1.82, 2.24) is 10.2 Å². The zero-order valence-electron chi connectivity index (χ0n) is 21.8. The first-order chi connectivity index (χ1) is 18.4. The van der Waals surface area contributed by atoms with Gasteiger partial charge in [0.05, 0.1) is 15.6 Å². The van der Waals surface area contributed by atoms with Gasteiger partial charge in [-0.15, -0.1) is 0 Å². The van der Waals surface area contributed by atoms with E-state index in [9.17, 15) is 18.0 Å². The van der Waals surface area contributed by atoms with E-state index in [1.807, 2.05) is 13.8 Å². The summed E-state index contributed by atoms with van der Waals surface area (Å²) in [7, 11) is -4.26. The highest BCUT2D eigenvalue weighted by molar-refractivity contribution is 7.92. The van der Waals surface area contributed by atoms with Gasteiger partial charge < -0.3 is 10.2 Å². The number of hydrogen-bond acceptors (Lipinski definition) is 4. The molecule has 1 N–H and O–H groups in total. The van der Waals surface area contributed by atoms with E-state index in [0.29, 0.717) is 17.0 Å². The summed E-state index contributed by atoms with van der Waals surface area (Å²) >= 11 is 19.0. The average Bonchev–Trinajstić information content (AvgIpc) is 2.92. The minimum atomic E-state index is -4.26. The van der Waals surface area contributed by atoms with E-state index < -0.39 is 28.5 Å². The van der Waals surface area contributed by atoms with E-state index in [1.54, 1.807) is 49.4 Å². The minimum absolute atomic E-state index is 0.0178. The fourth-order valence-electron chi connectivity index (χ4n) is 3.77. The molecule has 3 aromatic rings. The topological polar surface area (TPSA) is 86.8 Å². The van der Waals surface area contributed by atoms with Gasteiger partial charge in [0, 0.05) is 22.6 Å². The molecule has 0 heterocycles. The lowest BCUT2D eigenvalue weighted by molar-refractivity contribution is -0.139. The molecule has 0 spiro atoms. The van der Waals surface area contributed by atoms with Crippen LogP contribution in [0.2, 0.25) is 15.1 Å². The Morgan fingerprint density at radius 3 is 2.18 bits per heavy atom. The van der Waals surface area contributed by atoms with Crippen LogP contribution in [-0.4, -0.2) is 43.8 Å². The first-order valence-electron chi connectivity index (χ1n) is 12.3.